The van der Waals surface area contributed by atoms with Crippen LogP contribution >= 0.6 is 0 Å². The lowest BCUT2D eigenvalue weighted by molar-refractivity contribution is 0.481. The van der Waals surface area contributed by atoms with Gasteiger partial charge in [0.2, 0.25) is 0 Å². The van der Waals surface area contributed by atoms with Gasteiger partial charge in [0.05, 0.1) is 6.20 Å². The molecule has 0 bridgehead atoms. The Morgan fingerprint density at radius 3 is 2.95 bits per heavy atom. The van der Waals surface area contributed by atoms with E-state index in [4.69, 9.17) is 4.98 Å². The molecule has 0 radical (unpaired) electrons. The summed E-state index contributed by atoms with van der Waals surface area (Å²) in [5.41, 5.74) is 0.905. The van der Waals surface area contributed by atoms with E-state index in [1.807, 2.05) is 23.0 Å². The standard InChI is InChI=1S/C16H25N5/c1-3-8-17-14-11-21-10-9-18-16(21)15(20-14)19-12(2)13-6-4-5-7-13/h9-13,17H,3-8H2,1-2H3,(H,19,20). The van der Waals surface area contributed by atoms with Crippen LogP contribution in [0.2, 0.25) is 0 Å². The molecule has 3 rings (SSSR count). The molecule has 1 aliphatic rings. The molecule has 5 nitrogen and oxygen atoms in total. The van der Waals surface area contributed by atoms with Gasteiger partial charge in [-0.2, -0.15) is 0 Å². The summed E-state index contributed by atoms with van der Waals surface area (Å²) in [4.78, 5) is 9.15. The van der Waals surface area contributed by atoms with Gasteiger partial charge in [-0.05, 0) is 32.1 Å². The van der Waals surface area contributed by atoms with Crippen molar-refractivity contribution >= 4 is 17.3 Å². The second-order valence-corrected chi connectivity index (χ2v) is 6.04. The number of nitrogens with one attached hydrogen (secondary N) is 2. The van der Waals surface area contributed by atoms with Crippen molar-refractivity contribution in [1.82, 2.24) is 14.4 Å². The Kier molecular flexibility index (Phi) is 4.27. The molecule has 1 aliphatic carbocycles. The normalized spacial score (nSPS) is 17.2. The first-order chi connectivity index (χ1) is 10.3. The van der Waals surface area contributed by atoms with Gasteiger partial charge < -0.3 is 15.0 Å². The maximum Gasteiger partial charge on any atom is 0.180 e. The summed E-state index contributed by atoms with van der Waals surface area (Å²) < 4.78 is 2.04. The molecule has 2 N–H and O–H groups in total. The summed E-state index contributed by atoms with van der Waals surface area (Å²) in [6.45, 7) is 5.36. The van der Waals surface area contributed by atoms with Crippen molar-refractivity contribution in [2.24, 2.45) is 5.92 Å². The van der Waals surface area contributed by atoms with Crippen molar-refractivity contribution in [3.05, 3.63) is 18.6 Å². The largest absolute Gasteiger partial charge is 0.369 e. The van der Waals surface area contributed by atoms with Gasteiger partial charge in [-0.3, -0.25) is 0 Å². The Hall–Kier alpha value is -1.78. The first-order valence-corrected chi connectivity index (χ1v) is 8.12. The van der Waals surface area contributed by atoms with Gasteiger partial charge >= 0.3 is 0 Å². The topological polar surface area (TPSA) is 54.2 Å². The van der Waals surface area contributed by atoms with Gasteiger partial charge in [-0.15, -0.1) is 0 Å². The highest BCUT2D eigenvalue weighted by Gasteiger charge is 2.22. The van der Waals surface area contributed by atoms with E-state index in [9.17, 15) is 0 Å². The average Bonchev–Trinajstić information content (AvgIpc) is 3.15. The van der Waals surface area contributed by atoms with Crippen molar-refractivity contribution in [2.45, 2.75) is 52.0 Å². The smallest absolute Gasteiger partial charge is 0.180 e. The molecule has 0 amide bonds. The lowest BCUT2D eigenvalue weighted by atomic mass is 10.00. The van der Waals surface area contributed by atoms with Crippen LogP contribution in [0, 0.1) is 5.92 Å². The molecule has 0 saturated heterocycles. The Balaban J connectivity index is 1.83. The van der Waals surface area contributed by atoms with E-state index in [-0.39, 0.29) is 0 Å². The van der Waals surface area contributed by atoms with E-state index < -0.39 is 0 Å². The quantitative estimate of drug-likeness (QED) is 0.853. The van der Waals surface area contributed by atoms with Gasteiger partial charge in [0, 0.05) is 25.0 Å². The van der Waals surface area contributed by atoms with E-state index in [2.05, 4.69) is 29.5 Å². The molecule has 21 heavy (non-hydrogen) atoms. The lowest BCUT2D eigenvalue weighted by Gasteiger charge is -2.21. The molecule has 114 valence electrons. The number of nitrogens with zero attached hydrogens (tertiary/aromatic N) is 3. The van der Waals surface area contributed by atoms with Crippen LogP contribution in [0.15, 0.2) is 18.6 Å². The Morgan fingerprint density at radius 1 is 1.38 bits per heavy atom. The molecule has 2 heterocycles. The fourth-order valence-electron chi connectivity index (χ4n) is 3.16. The molecule has 1 atom stereocenters. The summed E-state index contributed by atoms with van der Waals surface area (Å²) in [5.74, 6) is 2.55. The zero-order valence-corrected chi connectivity index (χ0v) is 13.0. The van der Waals surface area contributed by atoms with E-state index in [1.165, 1.54) is 25.7 Å². The molecule has 0 spiro atoms. The number of imidazole rings is 1. The third kappa shape index (κ3) is 3.12. The number of fused-ring (bicyclic) bond motifs is 1. The van der Waals surface area contributed by atoms with Crippen LogP contribution < -0.4 is 10.6 Å². The van der Waals surface area contributed by atoms with Gasteiger partial charge in [0.25, 0.3) is 0 Å². The summed E-state index contributed by atoms with van der Waals surface area (Å²) in [5, 5.41) is 6.96. The molecular weight excluding hydrogens is 262 g/mol. The zero-order chi connectivity index (χ0) is 14.7. The van der Waals surface area contributed by atoms with Crippen molar-refractivity contribution in [1.29, 1.82) is 0 Å². The summed E-state index contributed by atoms with van der Waals surface area (Å²) in [6, 6.07) is 0.446. The SMILES string of the molecule is CCCNc1cn2ccnc2c(NC(C)C2CCCC2)n1. The van der Waals surface area contributed by atoms with Crippen molar-refractivity contribution in [3.8, 4) is 0 Å². The molecule has 1 unspecified atom stereocenters. The monoisotopic (exact) mass is 287 g/mol. The van der Waals surface area contributed by atoms with Crippen LogP contribution in [0.1, 0.15) is 46.0 Å². The van der Waals surface area contributed by atoms with Crippen molar-refractivity contribution in [2.75, 3.05) is 17.2 Å². The average molecular weight is 287 g/mol. The van der Waals surface area contributed by atoms with Gasteiger partial charge in [0.15, 0.2) is 11.5 Å². The van der Waals surface area contributed by atoms with Crippen LogP contribution in [0.5, 0.6) is 0 Å². The predicted molar refractivity (Wildman–Crippen MR) is 86.8 cm³/mol. The first kappa shape index (κ1) is 14.2. The number of hydrogen-bond acceptors (Lipinski definition) is 4. The fourth-order valence-corrected chi connectivity index (χ4v) is 3.16. The molecule has 2 aromatic heterocycles. The third-order valence-electron chi connectivity index (χ3n) is 4.40. The first-order valence-electron chi connectivity index (χ1n) is 8.12. The summed E-state index contributed by atoms with van der Waals surface area (Å²) in [7, 11) is 0. The van der Waals surface area contributed by atoms with Gasteiger partial charge in [-0.1, -0.05) is 19.8 Å². The van der Waals surface area contributed by atoms with E-state index in [0.29, 0.717) is 6.04 Å². The third-order valence-corrected chi connectivity index (χ3v) is 4.40. The minimum absolute atomic E-state index is 0.446. The van der Waals surface area contributed by atoms with Crippen molar-refractivity contribution < 1.29 is 0 Å². The van der Waals surface area contributed by atoms with Crippen LogP contribution in [-0.4, -0.2) is 27.0 Å². The van der Waals surface area contributed by atoms with E-state index in [0.717, 1.165) is 36.2 Å². The highest BCUT2D eigenvalue weighted by molar-refractivity contribution is 5.65. The van der Waals surface area contributed by atoms with Crippen LogP contribution in [0.3, 0.4) is 0 Å². The highest BCUT2D eigenvalue weighted by Crippen LogP contribution is 2.29. The molecule has 1 fully saturated rings. The molecule has 0 aromatic carbocycles. The van der Waals surface area contributed by atoms with Gasteiger partial charge in [-0.25, -0.2) is 9.97 Å². The second kappa shape index (κ2) is 6.33. The zero-order valence-electron chi connectivity index (χ0n) is 13.0. The van der Waals surface area contributed by atoms with Crippen LogP contribution in [-0.2, 0) is 0 Å². The molecule has 5 heteroatoms. The molecule has 1 saturated carbocycles. The highest BCUT2D eigenvalue weighted by atomic mass is 15.2. The van der Waals surface area contributed by atoms with Crippen molar-refractivity contribution in [3.63, 3.8) is 0 Å². The minimum atomic E-state index is 0.446. The van der Waals surface area contributed by atoms with Crippen LogP contribution in [0.25, 0.3) is 5.65 Å². The van der Waals surface area contributed by atoms with Crippen LogP contribution in [0.4, 0.5) is 11.6 Å². The van der Waals surface area contributed by atoms with E-state index >= 15 is 0 Å². The maximum absolute atomic E-state index is 4.72. The molecular formula is C16H25N5. The Morgan fingerprint density at radius 2 is 2.19 bits per heavy atom. The number of anilines is 2. The maximum atomic E-state index is 4.72. The number of rotatable bonds is 6. The lowest BCUT2D eigenvalue weighted by Crippen LogP contribution is -2.25. The second-order valence-electron chi connectivity index (χ2n) is 6.04. The fraction of sp³-hybridized carbons (Fsp3) is 0.625. The summed E-state index contributed by atoms with van der Waals surface area (Å²) >= 11 is 0. The van der Waals surface area contributed by atoms with E-state index in [1.54, 1.807) is 0 Å². The Bertz CT molecular complexity index is 585. The molecule has 0 aliphatic heterocycles. The van der Waals surface area contributed by atoms with Gasteiger partial charge in [0.1, 0.15) is 5.82 Å². The minimum Gasteiger partial charge on any atom is -0.369 e. The Labute approximate surface area is 126 Å². The summed E-state index contributed by atoms with van der Waals surface area (Å²) in [6.07, 6.45) is 12.3. The predicted octanol–water partition coefficient (Wildman–Crippen LogP) is 3.54. The molecule has 2 aromatic rings. The number of aromatic nitrogens is 3. The number of hydrogen-bond donors (Lipinski definition) is 2.